The minimum absolute atomic E-state index is 0.0371. The van der Waals surface area contributed by atoms with Gasteiger partial charge in [-0.2, -0.15) is 5.10 Å². The number of aromatic nitrogens is 4. The van der Waals surface area contributed by atoms with Gasteiger partial charge in [-0.3, -0.25) is 9.36 Å². The van der Waals surface area contributed by atoms with Crippen LogP contribution in [0.3, 0.4) is 0 Å². The molecule has 0 unspecified atom stereocenters. The van der Waals surface area contributed by atoms with Crippen molar-refractivity contribution >= 4 is 16.6 Å². The van der Waals surface area contributed by atoms with Crippen molar-refractivity contribution in [2.24, 2.45) is 7.05 Å². The quantitative estimate of drug-likeness (QED) is 0.556. The molecule has 4 aromatic rings. The van der Waals surface area contributed by atoms with E-state index in [0.29, 0.717) is 17.2 Å². The van der Waals surface area contributed by atoms with Gasteiger partial charge in [-0.25, -0.2) is 9.50 Å². The van der Waals surface area contributed by atoms with Gasteiger partial charge in [0.15, 0.2) is 0 Å². The molecule has 1 fully saturated rings. The second-order valence-corrected chi connectivity index (χ2v) is 6.66. The minimum Gasteiger partial charge on any atom is -0.445 e. The maximum atomic E-state index is 12.8. The summed E-state index contributed by atoms with van der Waals surface area (Å²) in [6, 6.07) is 7.60. The first kappa shape index (κ1) is 15.3. The largest absolute Gasteiger partial charge is 0.445 e. The zero-order valence-electron chi connectivity index (χ0n) is 14.4. The standard InChI is InChI=1S/C19H18N4O3/c1-22-17-11-15(12-4-7-25-8-5-12)21-23(17)16-10-13(18-20-6-9-26-18)2-3-14(16)19(22)24/h2-3,6,9-12H,4-5,7-8H2,1H3. The predicted molar refractivity (Wildman–Crippen MR) is 96.2 cm³/mol. The van der Waals surface area contributed by atoms with Crippen LogP contribution in [0.1, 0.15) is 24.5 Å². The summed E-state index contributed by atoms with van der Waals surface area (Å²) in [6.07, 6.45) is 5.06. The molecule has 0 bridgehead atoms. The predicted octanol–water partition coefficient (Wildman–Crippen LogP) is 2.74. The average molecular weight is 350 g/mol. The lowest BCUT2D eigenvalue weighted by atomic mass is 9.97. The summed E-state index contributed by atoms with van der Waals surface area (Å²) in [5.74, 6) is 0.890. The van der Waals surface area contributed by atoms with Gasteiger partial charge < -0.3 is 9.15 Å². The second kappa shape index (κ2) is 5.81. The van der Waals surface area contributed by atoms with Crippen LogP contribution in [0.4, 0.5) is 0 Å². The van der Waals surface area contributed by atoms with Crippen LogP contribution in [0.15, 0.2) is 45.9 Å². The van der Waals surface area contributed by atoms with Crippen LogP contribution in [0.2, 0.25) is 0 Å². The van der Waals surface area contributed by atoms with Crippen molar-refractivity contribution < 1.29 is 9.15 Å². The maximum absolute atomic E-state index is 12.8. The molecule has 1 aliphatic heterocycles. The van der Waals surface area contributed by atoms with E-state index in [1.807, 2.05) is 28.8 Å². The highest BCUT2D eigenvalue weighted by atomic mass is 16.5. The number of hydrogen-bond donors (Lipinski definition) is 0. The lowest BCUT2D eigenvalue weighted by molar-refractivity contribution is 0.0844. The van der Waals surface area contributed by atoms with Crippen LogP contribution >= 0.6 is 0 Å². The van der Waals surface area contributed by atoms with Crippen LogP contribution in [0.25, 0.3) is 28.0 Å². The highest BCUT2D eigenvalue weighted by molar-refractivity contribution is 5.84. The van der Waals surface area contributed by atoms with Crippen LogP contribution in [-0.2, 0) is 11.8 Å². The summed E-state index contributed by atoms with van der Waals surface area (Å²) < 4.78 is 14.4. The lowest BCUT2D eigenvalue weighted by Crippen LogP contribution is -2.19. The fourth-order valence-electron chi connectivity index (χ4n) is 3.67. The fourth-order valence-corrected chi connectivity index (χ4v) is 3.67. The minimum atomic E-state index is -0.0371. The van der Waals surface area contributed by atoms with Crippen molar-refractivity contribution in [2.75, 3.05) is 13.2 Å². The molecule has 3 aromatic heterocycles. The molecule has 7 nitrogen and oxygen atoms in total. The Hall–Kier alpha value is -2.93. The second-order valence-electron chi connectivity index (χ2n) is 6.66. The number of ether oxygens (including phenoxy) is 1. The molecule has 0 saturated carbocycles. The molecule has 0 amide bonds. The topological polar surface area (TPSA) is 74.6 Å². The monoisotopic (exact) mass is 350 g/mol. The lowest BCUT2D eigenvalue weighted by Gasteiger charge is -2.19. The fraction of sp³-hybridized carbons (Fsp3) is 0.316. The van der Waals surface area contributed by atoms with Crippen molar-refractivity contribution in [3.63, 3.8) is 0 Å². The molecular formula is C19H18N4O3. The van der Waals surface area contributed by atoms with E-state index in [9.17, 15) is 4.79 Å². The van der Waals surface area contributed by atoms with Crippen molar-refractivity contribution in [3.8, 4) is 11.5 Å². The molecule has 0 atom stereocenters. The van der Waals surface area contributed by atoms with E-state index in [1.54, 1.807) is 17.8 Å². The molecule has 132 valence electrons. The molecule has 0 spiro atoms. The Morgan fingerprint density at radius 2 is 2.04 bits per heavy atom. The molecule has 26 heavy (non-hydrogen) atoms. The van der Waals surface area contributed by atoms with E-state index in [4.69, 9.17) is 14.3 Å². The summed E-state index contributed by atoms with van der Waals surface area (Å²) in [6.45, 7) is 1.51. The molecule has 1 aromatic carbocycles. The SMILES string of the molecule is Cn1c(=O)c2ccc(-c3ncco3)cc2n2nc(C3CCOCC3)cc12. The van der Waals surface area contributed by atoms with Gasteiger partial charge >= 0.3 is 0 Å². The van der Waals surface area contributed by atoms with Gasteiger partial charge in [-0.05, 0) is 31.0 Å². The summed E-state index contributed by atoms with van der Waals surface area (Å²) >= 11 is 0. The molecule has 7 heteroatoms. The number of fused-ring (bicyclic) bond motifs is 3. The smallest absolute Gasteiger partial charge is 0.261 e. The molecule has 0 radical (unpaired) electrons. The first-order valence-corrected chi connectivity index (χ1v) is 8.72. The number of rotatable bonds is 2. The Balaban J connectivity index is 1.77. The molecule has 1 saturated heterocycles. The Morgan fingerprint density at radius 1 is 1.19 bits per heavy atom. The molecule has 0 aliphatic carbocycles. The Morgan fingerprint density at radius 3 is 2.81 bits per heavy atom. The Bertz CT molecular complexity index is 1150. The third kappa shape index (κ3) is 2.28. The first-order chi connectivity index (χ1) is 12.7. The zero-order valence-corrected chi connectivity index (χ0v) is 14.4. The van der Waals surface area contributed by atoms with Gasteiger partial charge in [0.1, 0.15) is 11.9 Å². The number of aryl methyl sites for hydroxylation is 1. The van der Waals surface area contributed by atoms with Crippen LogP contribution in [0, 0.1) is 0 Å². The van der Waals surface area contributed by atoms with E-state index in [0.717, 1.165) is 48.5 Å². The molecule has 4 heterocycles. The van der Waals surface area contributed by atoms with E-state index >= 15 is 0 Å². The van der Waals surface area contributed by atoms with E-state index in [-0.39, 0.29) is 5.56 Å². The van der Waals surface area contributed by atoms with Crippen molar-refractivity contribution in [3.05, 3.63) is 52.8 Å². The summed E-state index contributed by atoms with van der Waals surface area (Å²) in [4.78, 5) is 17.0. The third-order valence-corrected chi connectivity index (χ3v) is 5.13. The van der Waals surface area contributed by atoms with Gasteiger partial charge in [0.05, 0.1) is 22.8 Å². The highest BCUT2D eigenvalue weighted by Crippen LogP contribution is 2.28. The van der Waals surface area contributed by atoms with Gasteiger partial charge in [-0.15, -0.1) is 0 Å². The average Bonchev–Trinajstić information content (AvgIpc) is 3.36. The van der Waals surface area contributed by atoms with Gasteiger partial charge in [0, 0.05) is 37.8 Å². The highest BCUT2D eigenvalue weighted by Gasteiger charge is 2.21. The third-order valence-electron chi connectivity index (χ3n) is 5.13. The maximum Gasteiger partial charge on any atom is 0.261 e. The van der Waals surface area contributed by atoms with Crippen molar-refractivity contribution in [2.45, 2.75) is 18.8 Å². The van der Waals surface area contributed by atoms with Gasteiger partial charge in [0.25, 0.3) is 5.56 Å². The van der Waals surface area contributed by atoms with Crippen LogP contribution in [-0.4, -0.2) is 32.4 Å². The molecule has 0 N–H and O–H groups in total. The van der Waals surface area contributed by atoms with Gasteiger partial charge in [-0.1, -0.05) is 0 Å². The van der Waals surface area contributed by atoms with Crippen LogP contribution in [0.5, 0.6) is 0 Å². The zero-order chi connectivity index (χ0) is 17.7. The van der Waals surface area contributed by atoms with E-state index in [2.05, 4.69) is 4.98 Å². The summed E-state index contributed by atoms with van der Waals surface area (Å²) in [5.41, 5.74) is 3.34. The molecular weight excluding hydrogens is 332 g/mol. The van der Waals surface area contributed by atoms with Crippen LogP contribution < -0.4 is 5.56 Å². The first-order valence-electron chi connectivity index (χ1n) is 8.72. The number of nitrogens with zero attached hydrogens (tertiary/aromatic N) is 4. The number of hydrogen-bond acceptors (Lipinski definition) is 5. The Labute approximate surface area is 148 Å². The van der Waals surface area contributed by atoms with Crippen molar-refractivity contribution in [1.82, 2.24) is 19.2 Å². The number of benzene rings is 1. The summed E-state index contributed by atoms with van der Waals surface area (Å²) in [7, 11) is 1.79. The molecule has 5 rings (SSSR count). The van der Waals surface area contributed by atoms with E-state index < -0.39 is 0 Å². The number of oxazole rings is 1. The normalized spacial score (nSPS) is 15.9. The molecule has 1 aliphatic rings. The van der Waals surface area contributed by atoms with E-state index in [1.165, 1.54) is 6.26 Å². The van der Waals surface area contributed by atoms with Crippen molar-refractivity contribution in [1.29, 1.82) is 0 Å². The Kier molecular flexibility index (Phi) is 3.43. The summed E-state index contributed by atoms with van der Waals surface area (Å²) in [5, 5.41) is 5.46. The van der Waals surface area contributed by atoms with Gasteiger partial charge in [0.2, 0.25) is 5.89 Å².